The van der Waals surface area contributed by atoms with Crippen LogP contribution < -0.4 is 0 Å². The molecule has 14 rings (SSSR count). The number of aryl methyl sites for hydroxylation is 1. The van der Waals surface area contributed by atoms with Crippen molar-refractivity contribution >= 4 is 98.6 Å². The Bertz CT molecular complexity index is 3810. The summed E-state index contributed by atoms with van der Waals surface area (Å²) in [5.41, 5.74) is 11.9. The van der Waals surface area contributed by atoms with Crippen LogP contribution in [0.25, 0.3) is 116 Å². The summed E-state index contributed by atoms with van der Waals surface area (Å²) < 4.78 is 7.07. The average Bonchev–Trinajstić information content (AvgIpc) is 4.00. The maximum atomic E-state index is 5.54. The van der Waals surface area contributed by atoms with Crippen LogP contribution in [0.3, 0.4) is 0 Å². The summed E-state index contributed by atoms with van der Waals surface area (Å²) in [7, 11) is 0. The van der Waals surface area contributed by atoms with Crippen molar-refractivity contribution in [3.63, 3.8) is 0 Å². The molecule has 0 saturated heterocycles. The zero-order chi connectivity index (χ0) is 41.2. The van der Waals surface area contributed by atoms with Gasteiger partial charge in [-0.3, -0.25) is 9.13 Å². The van der Waals surface area contributed by atoms with Gasteiger partial charge in [0.05, 0.1) is 33.1 Å². The topological polar surface area (TPSA) is 40.6 Å². The molecular formula is C58H37N5. The Morgan fingerprint density at radius 1 is 0.317 bits per heavy atom. The zero-order valence-corrected chi connectivity index (χ0v) is 34.2. The number of hydrogen-bond donors (Lipinski definition) is 0. The summed E-state index contributed by atoms with van der Waals surface area (Å²) in [4.78, 5) is 11.1. The monoisotopic (exact) mass is 803 g/mol. The SMILES string of the molecule is C1=C(c2nc(-n3c4ccccc4c4ccccc43)cc(-n3c4ccccc4c4ccccc43)n2)CCc2c1c1ccccc1c1cc(-n3c4ccccc4c4ccccc43)ccc21. The molecule has 5 nitrogen and oxygen atoms in total. The Kier molecular flexibility index (Phi) is 7.17. The quantitative estimate of drug-likeness (QED) is 0.166. The second-order valence-corrected chi connectivity index (χ2v) is 16.9. The molecule has 5 heteroatoms. The highest BCUT2D eigenvalue weighted by Crippen LogP contribution is 2.43. The smallest absolute Gasteiger partial charge is 0.159 e. The molecule has 294 valence electrons. The first kappa shape index (κ1) is 34.4. The van der Waals surface area contributed by atoms with Crippen molar-refractivity contribution in [1.82, 2.24) is 23.7 Å². The van der Waals surface area contributed by atoms with E-state index in [0.717, 1.165) is 57.9 Å². The van der Waals surface area contributed by atoms with Gasteiger partial charge in [0.25, 0.3) is 0 Å². The Hall–Kier alpha value is -8.28. The van der Waals surface area contributed by atoms with Gasteiger partial charge in [-0.2, -0.15) is 0 Å². The van der Waals surface area contributed by atoms with Crippen molar-refractivity contribution in [1.29, 1.82) is 0 Å². The van der Waals surface area contributed by atoms with Crippen LogP contribution in [0.4, 0.5) is 0 Å². The first-order valence-electron chi connectivity index (χ1n) is 21.8. The maximum absolute atomic E-state index is 5.54. The first-order chi connectivity index (χ1) is 31.3. The van der Waals surface area contributed by atoms with Gasteiger partial charge < -0.3 is 4.57 Å². The summed E-state index contributed by atoms with van der Waals surface area (Å²) in [6.45, 7) is 0. The van der Waals surface area contributed by atoms with Gasteiger partial charge in [0, 0.05) is 44.1 Å². The second kappa shape index (κ2) is 13.1. The molecule has 0 amide bonds. The van der Waals surface area contributed by atoms with Gasteiger partial charge in [-0.05, 0) is 106 Å². The van der Waals surface area contributed by atoms with E-state index in [1.165, 1.54) is 81.7 Å². The Morgan fingerprint density at radius 3 is 1.17 bits per heavy atom. The number of para-hydroxylation sites is 6. The molecule has 9 aromatic carbocycles. The first-order valence-corrected chi connectivity index (χ1v) is 21.8. The third-order valence-corrected chi connectivity index (χ3v) is 13.6. The fourth-order valence-corrected chi connectivity index (χ4v) is 10.9. The van der Waals surface area contributed by atoms with E-state index >= 15 is 0 Å². The van der Waals surface area contributed by atoms with Crippen LogP contribution in [0.1, 0.15) is 23.4 Å². The molecule has 63 heavy (non-hydrogen) atoms. The molecule has 0 unspecified atom stereocenters. The fraction of sp³-hybridized carbons (Fsp3) is 0.0345. The van der Waals surface area contributed by atoms with Crippen LogP contribution in [-0.2, 0) is 6.42 Å². The van der Waals surface area contributed by atoms with Crippen molar-refractivity contribution in [2.24, 2.45) is 0 Å². The highest BCUT2D eigenvalue weighted by molar-refractivity contribution is 6.16. The number of allylic oxidation sites excluding steroid dienone is 1. The number of rotatable bonds is 4. The normalized spacial score (nSPS) is 13.0. The second-order valence-electron chi connectivity index (χ2n) is 16.9. The van der Waals surface area contributed by atoms with Crippen molar-refractivity contribution in [3.05, 3.63) is 211 Å². The highest BCUT2D eigenvalue weighted by Gasteiger charge is 2.24. The van der Waals surface area contributed by atoms with Crippen LogP contribution in [-0.4, -0.2) is 23.7 Å². The van der Waals surface area contributed by atoms with Crippen molar-refractivity contribution in [3.8, 4) is 17.3 Å². The van der Waals surface area contributed by atoms with E-state index in [4.69, 9.17) is 9.97 Å². The van der Waals surface area contributed by atoms with Gasteiger partial charge in [-0.1, -0.05) is 140 Å². The molecule has 0 atom stereocenters. The molecule has 0 saturated carbocycles. The molecule has 0 fully saturated rings. The average molecular weight is 804 g/mol. The van der Waals surface area contributed by atoms with Crippen molar-refractivity contribution in [2.75, 3.05) is 0 Å². The molecule has 1 aliphatic carbocycles. The molecule has 0 bridgehead atoms. The van der Waals surface area contributed by atoms with Crippen molar-refractivity contribution in [2.45, 2.75) is 12.8 Å². The Morgan fingerprint density at radius 2 is 0.714 bits per heavy atom. The minimum atomic E-state index is 0.753. The molecule has 4 aromatic heterocycles. The van der Waals surface area contributed by atoms with Crippen LogP contribution in [0, 0.1) is 0 Å². The molecule has 13 aromatic rings. The van der Waals surface area contributed by atoms with Crippen LogP contribution in [0.5, 0.6) is 0 Å². The van der Waals surface area contributed by atoms with Gasteiger partial charge >= 0.3 is 0 Å². The van der Waals surface area contributed by atoms with E-state index in [-0.39, 0.29) is 0 Å². The fourth-order valence-electron chi connectivity index (χ4n) is 10.9. The number of fused-ring (bicyclic) bond motifs is 15. The van der Waals surface area contributed by atoms with Crippen LogP contribution >= 0.6 is 0 Å². The van der Waals surface area contributed by atoms with Gasteiger partial charge in [0.15, 0.2) is 5.82 Å². The van der Waals surface area contributed by atoms with Gasteiger partial charge in [-0.15, -0.1) is 0 Å². The van der Waals surface area contributed by atoms with Crippen LogP contribution in [0.2, 0.25) is 0 Å². The minimum Gasteiger partial charge on any atom is -0.309 e. The van der Waals surface area contributed by atoms with E-state index in [0.29, 0.717) is 0 Å². The molecular weight excluding hydrogens is 767 g/mol. The van der Waals surface area contributed by atoms with E-state index < -0.39 is 0 Å². The number of benzene rings is 9. The summed E-state index contributed by atoms with van der Waals surface area (Å²) in [6, 6.07) is 70.3. The highest BCUT2D eigenvalue weighted by atomic mass is 15.1. The van der Waals surface area contributed by atoms with Crippen molar-refractivity contribution < 1.29 is 0 Å². The van der Waals surface area contributed by atoms with E-state index in [9.17, 15) is 0 Å². The predicted octanol–water partition coefficient (Wildman–Crippen LogP) is 14.6. The molecule has 4 heterocycles. The van der Waals surface area contributed by atoms with E-state index in [1.54, 1.807) is 0 Å². The predicted molar refractivity (Wildman–Crippen MR) is 263 cm³/mol. The summed E-state index contributed by atoms with van der Waals surface area (Å²) in [6.07, 6.45) is 4.09. The molecule has 1 aliphatic rings. The lowest BCUT2D eigenvalue weighted by Crippen LogP contribution is -2.10. The van der Waals surface area contributed by atoms with Gasteiger partial charge in [0.2, 0.25) is 0 Å². The summed E-state index contributed by atoms with van der Waals surface area (Å²) in [5, 5.41) is 12.4. The largest absolute Gasteiger partial charge is 0.309 e. The zero-order valence-electron chi connectivity index (χ0n) is 34.2. The van der Waals surface area contributed by atoms with Gasteiger partial charge in [0.1, 0.15) is 11.6 Å². The Labute approximate surface area is 362 Å². The lowest BCUT2D eigenvalue weighted by Gasteiger charge is -2.22. The third kappa shape index (κ3) is 4.93. The summed E-state index contributed by atoms with van der Waals surface area (Å²) >= 11 is 0. The number of aromatic nitrogens is 5. The number of nitrogens with zero attached hydrogens (tertiary/aromatic N) is 5. The molecule has 0 radical (unpaired) electrons. The minimum absolute atomic E-state index is 0.753. The maximum Gasteiger partial charge on any atom is 0.159 e. The summed E-state index contributed by atoms with van der Waals surface area (Å²) in [5.74, 6) is 2.45. The lowest BCUT2D eigenvalue weighted by atomic mass is 9.84. The lowest BCUT2D eigenvalue weighted by molar-refractivity contribution is 0.935. The Balaban J connectivity index is 1.01. The third-order valence-electron chi connectivity index (χ3n) is 13.6. The van der Waals surface area contributed by atoms with Gasteiger partial charge in [-0.25, -0.2) is 9.97 Å². The standard InChI is InChI=1S/C58H37N5/c1-2-16-39-38(15-1)48-33-36(29-31-40(48)41-32-30-37(34-49(39)41)61-50-23-9-3-17-42(50)43-18-4-10-24-51(43)61)58-59-56(62-52-25-11-5-19-44(52)45-20-6-12-26-53(45)62)35-57(60-58)63-54-27-13-7-21-46(54)47-22-8-14-28-55(47)63/h1-28,30,32-35H,29,31H2. The molecule has 0 aliphatic heterocycles. The van der Waals surface area contributed by atoms with Crippen LogP contribution in [0.15, 0.2) is 194 Å². The molecule has 0 spiro atoms. The van der Waals surface area contributed by atoms with E-state index in [2.05, 4.69) is 214 Å². The van der Waals surface area contributed by atoms with E-state index in [1.807, 2.05) is 0 Å². The molecule has 0 N–H and O–H groups in total. The number of hydrogen-bond acceptors (Lipinski definition) is 2.